The van der Waals surface area contributed by atoms with E-state index < -0.39 is 23.3 Å². The molecule has 0 radical (unpaired) electrons. The van der Waals surface area contributed by atoms with Gasteiger partial charge in [-0.1, -0.05) is 31.4 Å². The first kappa shape index (κ1) is 18.6. The molecule has 0 aromatic heterocycles. The maximum atomic E-state index is 12.9. The van der Waals surface area contributed by atoms with Crippen molar-refractivity contribution in [2.24, 2.45) is 5.73 Å². The number of carbonyl (C=O) groups is 1. The summed E-state index contributed by atoms with van der Waals surface area (Å²) in [5.74, 6) is -0.506. The number of carbonyl (C=O) groups excluding carboxylic acids is 1. The molecule has 1 aliphatic rings. The van der Waals surface area contributed by atoms with Gasteiger partial charge < -0.3 is 15.8 Å². The van der Waals surface area contributed by atoms with Gasteiger partial charge in [0, 0.05) is 0 Å². The average Bonchev–Trinajstić information content (AvgIpc) is 2.53. The van der Waals surface area contributed by atoms with Gasteiger partial charge in [0.1, 0.15) is 12.4 Å². The van der Waals surface area contributed by atoms with Crippen LogP contribution in [0.3, 0.4) is 0 Å². The van der Waals surface area contributed by atoms with E-state index in [1.165, 1.54) is 18.2 Å². The third kappa shape index (κ3) is 4.63. The molecule has 0 bridgehead atoms. The minimum absolute atomic E-state index is 0.0606. The number of benzene rings is 1. The van der Waals surface area contributed by atoms with E-state index in [0.29, 0.717) is 12.8 Å². The maximum Gasteiger partial charge on any atom is 0.419 e. The Bertz CT molecular complexity index is 569. The van der Waals surface area contributed by atoms with Crippen molar-refractivity contribution in [1.82, 2.24) is 5.32 Å². The molecule has 1 aliphatic carbocycles. The Morgan fingerprint density at radius 3 is 2.54 bits per heavy atom. The number of alkyl halides is 3. The van der Waals surface area contributed by atoms with Gasteiger partial charge in [0.05, 0.1) is 17.1 Å². The van der Waals surface area contributed by atoms with Crippen molar-refractivity contribution in [3.8, 4) is 5.75 Å². The normalized spacial score (nSPS) is 18.7. The molecule has 7 heteroatoms. The monoisotopic (exact) mass is 344 g/mol. The summed E-state index contributed by atoms with van der Waals surface area (Å²) in [6.45, 7) is 1.62. The number of nitrogens with one attached hydrogen (secondary N) is 1. The molecule has 0 heterocycles. The molecule has 1 saturated carbocycles. The zero-order valence-corrected chi connectivity index (χ0v) is 13.7. The number of ether oxygens (including phenoxy) is 1. The SMILES string of the molecule is CC(COc1ccccc1C(F)(F)F)NC(=O)C1(N)CCCCC1. The number of hydrogen-bond acceptors (Lipinski definition) is 3. The predicted molar refractivity (Wildman–Crippen MR) is 84.5 cm³/mol. The first-order valence-electron chi connectivity index (χ1n) is 8.11. The lowest BCUT2D eigenvalue weighted by Crippen LogP contribution is -2.57. The number of para-hydroxylation sites is 1. The van der Waals surface area contributed by atoms with Gasteiger partial charge in [-0.25, -0.2) is 0 Å². The lowest BCUT2D eigenvalue weighted by molar-refractivity contribution is -0.139. The molecule has 24 heavy (non-hydrogen) atoms. The van der Waals surface area contributed by atoms with Crippen LogP contribution in [-0.4, -0.2) is 24.1 Å². The van der Waals surface area contributed by atoms with Crippen molar-refractivity contribution < 1.29 is 22.7 Å². The van der Waals surface area contributed by atoms with E-state index in [-0.39, 0.29) is 18.3 Å². The van der Waals surface area contributed by atoms with Gasteiger partial charge in [-0.3, -0.25) is 4.79 Å². The van der Waals surface area contributed by atoms with Gasteiger partial charge in [0.25, 0.3) is 0 Å². The molecule has 3 N–H and O–H groups in total. The second-order valence-electron chi connectivity index (χ2n) is 6.40. The highest BCUT2D eigenvalue weighted by atomic mass is 19.4. The summed E-state index contributed by atoms with van der Waals surface area (Å²) in [5.41, 5.74) is 4.43. The Morgan fingerprint density at radius 2 is 1.92 bits per heavy atom. The Kier molecular flexibility index (Phi) is 5.74. The molecule has 1 amide bonds. The summed E-state index contributed by atoms with van der Waals surface area (Å²) >= 11 is 0. The summed E-state index contributed by atoms with van der Waals surface area (Å²) in [4.78, 5) is 12.3. The molecule has 134 valence electrons. The van der Waals surface area contributed by atoms with Crippen LogP contribution in [-0.2, 0) is 11.0 Å². The van der Waals surface area contributed by atoms with Crippen molar-refractivity contribution >= 4 is 5.91 Å². The Hall–Kier alpha value is -1.76. The minimum Gasteiger partial charge on any atom is -0.491 e. The number of hydrogen-bond donors (Lipinski definition) is 2. The van der Waals surface area contributed by atoms with Crippen LogP contribution in [0.1, 0.15) is 44.6 Å². The summed E-state index contributed by atoms with van der Waals surface area (Å²) < 4.78 is 44.0. The number of halogens is 3. The maximum absolute atomic E-state index is 12.9. The number of rotatable bonds is 5. The molecule has 0 aliphatic heterocycles. The van der Waals surface area contributed by atoms with Crippen LogP contribution in [0.15, 0.2) is 24.3 Å². The zero-order valence-electron chi connectivity index (χ0n) is 13.7. The molecule has 1 atom stereocenters. The largest absolute Gasteiger partial charge is 0.491 e. The fourth-order valence-corrected chi connectivity index (χ4v) is 2.86. The van der Waals surface area contributed by atoms with E-state index in [0.717, 1.165) is 25.3 Å². The van der Waals surface area contributed by atoms with E-state index >= 15 is 0 Å². The van der Waals surface area contributed by atoms with Crippen molar-refractivity contribution in [2.75, 3.05) is 6.61 Å². The molecule has 2 rings (SSSR count). The third-order valence-electron chi connectivity index (χ3n) is 4.26. The molecule has 1 fully saturated rings. The minimum atomic E-state index is -4.48. The molecular formula is C17H23F3N2O2. The first-order chi connectivity index (χ1) is 11.2. The Labute approximate surface area is 139 Å². The van der Waals surface area contributed by atoms with Gasteiger partial charge in [0.15, 0.2) is 0 Å². The molecule has 0 saturated heterocycles. The molecular weight excluding hydrogens is 321 g/mol. The Morgan fingerprint density at radius 1 is 1.29 bits per heavy atom. The second kappa shape index (κ2) is 7.42. The van der Waals surface area contributed by atoms with E-state index in [1.54, 1.807) is 6.92 Å². The molecule has 1 unspecified atom stereocenters. The first-order valence-corrected chi connectivity index (χ1v) is 8.11. The van der Waals surface area contributed by atoms with Crippen molar-refractivity contribution in [2.45, 2.75) is 56.8 Å². The van der Waals surface area contributed by atoms with E-state index in [1.807, 2.05) is 0 Å². The highest BCUT2D eigenvalue weighted by molar-refractivity contribution is 5.86. The van der Waals surface area contributed by atoms with E-state index in [4.69, 9.17) is 10.5 Å². The topological polar surface area (TPSA) is 64.3 Å². The van der Waals surface area contributed by atoms with Gasteiger partial charge in [0.2, 0.25) is 5.91 Å². The quantitative estimate of drug-likeness (QED) is 0.862. The van der Waals surface area contributed by atoms with Gasteiger partial charge >= 0.3 is 6.18 Å². The molecule has 4 nitrogen and oxygen atoms in total. The lowest BCUT2D eigenvalue weighted by Gasteiger charge is -2.33. The summed E-state index contributed by atoms with van der Waals surface area (Å²) in [5, 5.41) is 2.75. The molecule has 0 spiro atoms. The smallest absolute Gasteiger partial charge is 0.419 e. The van der Waals surface area contributed by atoms with Gasteiger partial charge in [-0.15, -0.1) is 0 Å². The van der Waals surface area contributed by atoms with Crippen LogP contribution in [0.2, 0.25) is 0 Å². The number of amides is 1. The van der Waals surface area contributed by atoms with E-state index in [2.05, 4.69) is 5.32 Å². The zero-order chi connectivity index (χ0) is 17.8. The van der Waals surface area contributed by atoms with Crippen molar-refractivity contribution in [1.29, 1.82) is 0 Å². The fourth-order valence-electron chi connectivity index (χ4n) is 2.86. The molecule has 1 aromatic carbocycles. The van der Waals surface area contributed by atoms with E-state index in [9.17, 15) is 18.0 Å². The summed E-state index contributed by atoms with van der Waals surface area (Å²) in [7, 11) is 0. The van der Waals surface area contributed by atoms with Crippen molar-refractivity contribution in [3.05, 3.63) is 29.8 Å². The second-order valence-corrected chi connectivity index (χ2v) is 6.40. The van der Waals surface area contributed by atoms with Crippen LogP contribution in [0.4, 0.5) is 13.2 Å². The van der Waals surface area contributed by atoms with Crippen LogP contribution >= 0.6 is 0 Å². The predicted octanol–water partition coefficient (Wildman–Crippen LogP) is 3.25. The van der Waals surface area contributed by atoms with Crippen LogP contribution in [0, 0.1) is 0 Å². The highest BCUT2D eigenvalue weighted by Gasteiger charge is 2.36. The van der Waals surface area contributed by atoms with Crippen molar-refractivity contribution in [3.63, 3.8) is 0 Å². The average molecular weight is 344 g/mol. The lowest BCUT2D eigenvalue weighted by atomic mass is 9.82. The molecule has 1 aromatic rings. The number of nitrogens with two attached hydrogens (primary N) is 1. The fraction of sp³-hybridized carbons (Fsp3) is 0.588. The van der Waals surface area contributed by atoms with Crippen LogP contribution in [0.25, 0.3) is 0 Å². The summed E-state index contributed by atoms with van der Waals surface area (Å²) in [6, 6.07) is 4.58. The summed E-state index contributed by atoms with van der Waals surface area (Å²) in [6.07, 6.45) is -0.334. The van der Waals surface area contributed by atoms with Crippen LogP contribution < -0.4 is 15.8 Å². The van der Waals surface area contributed by atoms with Gasteiger partial charge in [-0.2, -0.15) is 13.2 Å². The van der Waals surface area contributed by atoms with Crippen LogP contribution in [0.5, 0.6) is 5.75 Å². The standard InChI is InChI=1S/C17H23F3N2O2/c1-12(22-15(23)16(21)9-5-2-6-10-16)11-24-14-8-4-3-7-13(14)17(18,19)20/h3-4,7-8,12H,2,5-6,9-11,21H2,1H3,(H,22,23). The highest BCUT2D eigenvalue weighted by Crippen LogP contribution is 2.35. The Balaban J connectivity index is 1.92. The van der Waals surface area contributed by atoms with Gasteiger partial charge in [-0.05, 0) is 31.9 Å². The third-order valence-corrected chi connectivity index (χ3v) is 4.26.